The van der Waals surface area contributed by atoms with E-state index in [1.165, 1.54) is 15.9 Å². The molecule has 0 bridgehead atoms. The van der Waals surface area contributed by atoms with Crippen molar-refractivity contribution in [2.24, 2.45) is 0 Å². The SMILES string of the molecule is CCCCCC1(CCCCC)O[C@@H]2[C@@H](C=C(C(=O)N(C)[C@H](Cc3ccccc3)C(=O)N[C@H](CO)CCC(=O)OC(C)(C)C)C[C@H]2OC(=O)c2cccc(C=CC(=O)N(C)C)c2)O1. The van der Waals surface area contributed by atoms with E-state index in [4.69, 9.17) is 18.9 Å². The summed E-state index contributed by atoms with van der Waals surface area (Å²) in [6.07, 6.45) is 9.86. The molecule has 2 aromatic rings. The maximum atomic E-state index is 14.7. The molecular weight excluding hydrogens is 791 g/mol. The van der Waals surface area contributed by atoms with Crippen molar-refractivity contribution < 1.29 is 48.0 Å². The number of hydrogen-bond donors (Lipinski definition) is 2. The number of likely N-dealkylation sites (N-methyl/N-ethyl adjacent to an activating group) is 2. The van der Waals surface area contributed by atoms with Crippen LogP contribution in [0.15, 0.2) is 72.3 Å². The van der Waals surface area contributed by atoms with Gasteiger partial charge in [-0.15, -0.1) is 0 Å². The van der Waals surface area contributed by atoms with Crippen molar-refractivity contribution in [3.8, 4) is 0 Å². The van der Waals surface area contributed by atoms with Crippen LogP contribution in [0, 0.1) is 0 Å². The van der Waals surface area contributed by atoms with Crippen molar-refractivity contribution in [1.82, 2.24) is 15.1 Å². The van der Waals surface area contributed by atoms with Gasteiger partial charge in [0.2, 0.25) is 17.7 Å². The van der Waals surface area contributed by atoms with E-state index < -0.39 is 72.1 Å². The molecule has 1 aliphatic carbocycles. The zero-order valence-corrected chi connectivity index (χ0v) is 38.0. The first-order valence-corrected chi connectivity index (χ1v) is 22.2. The maximum absolute atomic E-state index is 14.7. The number of nitrogens with one attached hydrogen (secondary N) is 1. The fourth-order valence-corrected chi connectivity index (χ4v) is 7.68. The lowest BCUT2D eigenvalue weighted by molar-refractivity contribution is -0.190. The number of esters is 2. The molecule has 2 aromatic carbocycles. The largest absolute Gasteiger partial charge is 0.460 e. The molecule has 1 aliphatic heterocycles. The van der Waals surface area contributed by atoms with Gasteiger partial charge < -0.3 is 39.2 Å². The number of unbranched alkanes of at least 4 members (excludes halogenated alkanes) is 4. The molecule has 4 rings (SSSR count). The fourth-order valence-electron chi connectivity index (χ4n) is 7.68. The van der Waals surface area contributed by atoms with E-state index in [-0.39, 0.29) is 37.2 Å². The van der Waals surface area contributed by atoms with Gasteiger partial charge in [0.15, 0.2) is 5.79 Å². The van der Waals surface area contributed by atoms with Crippen molar-refractivity contribution in [3.05, 3.63) is 89.0 Å². The highest BCUT2D eigenvalue weighted by Crippen LogP contribution is 2.43. The predicted octanol–water partition coefficient (Wildman–Crippen LogP) is 6.95. The number of hydrogen-bond acceptors (Lipinski definition) is 10. The number of rotatable bonds is 22. The van der Waals surface area contributed by atoms with Crippen LogP contribution in [-0.2, 0) is 44.5 Å². The van der Waals surface area contributed by atoms with Gasteiger partial charge in [0.05, 0.1) is 18.2 Å². The summed E-state index contributed by atoms with van der Waals surface area (Å²) in [5.74, 6) is -3.15. The third-order valence-corrected chi connectivity index (χ3v) is 11.1. The van der Waals surface area contributed by atoms with Crippen LogP contribution < -0.4 is 5.32 Å². The quantitative estimate of drug-likeness (QED) is 0.0721. The second kappa shape index (κ2) is 23.6. The van der Waals surface area contributed by atoms with Gasteiger partial charge in [-0.1, -0.05) is 82.0 Å². The molecule has 2 aliphatic rings. The molecule has 13 heteroatoms. The lowest BCUT2D eigenvalue weighted by atomic mass is 9.90. The van der Waals surface area contributed by atoms with E-state index in [2.05, 4.69) is 19.2 Å². The number of aliphatic hydroxyl groups excluding tert-OH is 1. The maximum Gasteiger partial charge on any atom is 0.338 e. The van der Waals surface area contributed by atoms with Crippen molar-refractivity contribution in [2.75, 3.05) is 27.7 Å². The minimum absolute atomic E-state index is 0.00516. The summed E-state index contributed by atoms with van der Waals surface area (Å²) in [5.41, 5.74) is 1.34. The minimum atomic E-state index is -1.02. The van der Waals surface area contributed by atoms with E-state index in [1.807, 2.05) is 30.3 Å². The second-order valence-electron chi connectivity index (χ2n) is 17.7. The summed E-state index contributed by atoms with van der Waals surface area (Å²) in [4.78, 5) is 70.4. The molecule has 0 aromatic heterocycles. The topological polar surface area (TPSA) is 161 Å². The van der Waals surface area contributed by atoms with E-state index in [0.717, 1.165) is 44.1 Å². The van der Waals surface area contributed by atoms with Crippen molar-refractivity contribution in [1.29, 1.82) is 0 Å². The van der Waals surface area contributed by atoms with Gasteiger partial charge in [0, 0.05) is 64.9 Å². The van der Waals surface area contributed by atoms with Gasteiger partial charge in [-0.3, -0.25) is 19.2 Å². The molecule has 340 valence electrons. The smallest absolute Gasteiger partial charge is 0.338 e. The molecule has 1 saturated heterocycles. The Morgan fingerprint density at radius 2 is 1.61 bits per heavy atom. The Balaban J connectivity index is 1.65. The molecule has 1 heterocycles. The van der Waals surface area contributed by atoms with Crippen LogP contribution in [0.1, 0.15) is 127 Å². The molecule has 0 saturated carbocycles. The highest BCUT2D eigenvalue weighted by molar-refractivity contribution is 5.98. The number of nitrogens with zero attached hydrogens (tertiary/aromatic N) is 2. The third kappa shape index (κ3) is 14.9. The molecule has 13 nitrogen and oxygen atoms in total. The molecule has 0 unspecified atom stereocenters. The monoisotopic (exact) mass is 859 g/mol. The molecule has 5 atom stereocenters. The van der Waals surface area contributed by atoms with E-state index in [0.29, 0.717) is 24.0 Å². The lowest BCUT2D eigenvalue weighted by Crippen LogP contribution is -2.53. The Kier molecular flexibility index (Phi) is 18.9. The summed E-state index contributed by atoms with van der Waals surface area (Å²) in [6.45, 7) is 9.16. The van der Waals surface area contributed by atoms with Crippen LogP contribution in [0.5, 0.6) is 0 Å². The van der Waals surface area contributed by atoms with Gasteiger partial charge >= 0.3 is 11.9 Å². The Labute approximate surface area is 368 Å². The third-order valence-electron chi connectivity index (χ3n) is 11.1. The Bertz CT molecular complexity index is 1860. The minimum Gasteiger partial charge on any atom is -0.460 e. The van der Waals surface area contributed by atoms with Crippen molar-refractivity contribution in [2.45, 2.75) is 153 Å². The highest BCUT2D eigenvalue weighted by atomic mass is 16.8. The molecule has 3 amide bonds. The zero-order chi connectivity index (χ0) is 45.5. The zero-order valence-electron chi connectivity index (χ0n) is 38.0. The number of benzene rings is 2. The van der Waals surface area contributed by atoms with Gasteiger partial charge in [0.1, 0.15) is 30.0 Å². The Morgan fingerprint density at radius 3 is 2.23 bits per heavy atom. The molecule has 1 fully saturated rings. The average molecular weight is 860 g/mol. The van der Waals surface area contributed by atoms with Gasteiger partial charge in [0.25, 0.3) is 0 Å². The van der Waals surface area contributed by atoms with Gasteiger partial charge in [-0.25, -0.2) is 4.79 Å². The highest BCUT2D eigenvalue weighted by Gasteiger charge is 2.53. The summed E-state index contributed by atoms with van der Waals surface area (Å²) < 4.78 is 25.3. The number of aliphatic hydroxyl groups is 1. The lowest BCUT2D eigenvalue weighted by Gasteiger charge is -2.34. The van der Waals surface area contributed by atoms with Crippen LogP contribution in [0.4, 0.5) is 0 Å². The van der Waals surface area contributed by atoms with Crippen LogP contribution in [0.3, 0.4) is 0 Å². The molecular formula is C49H69N3O10. The molecule has 62 heavy (non-hydrogen) atoms. The number of amides is 3. The molecule has 0 radical (unpaired) electrons. The number of ether oxygens (including phenoxy) is 4. The van der Waals surface area contributed by atoms with Crippen LogP contribution >= 0.6 is 0 Å². The van der Waals surface area contributed by atoms with E-state index in [1.54, 1.807) is 78.3 Å². The van der Waals surface area contributed by atoms with Crippen molar-refractivity contribution in [3.63, 3.8) is 0 Å². The predicted molar refractivity (Wildman–Crippen MR) is 238 cm³/mol. The summed E-state index contributed by atoms with van der Waals surface area (Å²) in [5, 5.41) is 13.1. The summed E-state index contributed by atoms with van der Waals surface area (Å²) >= 11 is 0. The average Bonchev–Trinajstić information content (AvgIpc) is 3.61. The number of fused-ring (bicyclic) bond motifs is 1. The van der Waals surface area contributed by atoms with Crippen LogP contribution in [0.2, 0.25) is 0 Å². The van der Waals surface area contributed by atoms with E-state index >= 15 is 0 Å². The summed E-state index contributed by atoms with van der Waals surface area (Å²) in [6, 6.07) is 14.3. The normalized spacial score (nSPS) is 19.2. The van der Waals surface area contributed by atoms with Gasteiger partial charge in [-0.05, 0) is 75.4 Å². The first-order valence-electron chi connectivity index (χ1n) is 22.2. The van der Waals surface area contributed by atoms with Crippen LogP contribution in [-0.4, -0.2) is 114 Å². The second-order valence-corrected chi connectivity index (χ2v) is 17.7. The first kappa shape index (κ1) is 49.8. The van der Waals surface area contributed by atoms with Gasteiger partial charge in [-0.2, -0.15) is 0 Å². The molecule has 0 spiro atoms. The summed E-state index contributed by atoms with van der Waals surface area (Å²) in [7, 11) is 4.87. The number of carbonyl (C=O) groups is 5. The first-order chi connectivity index (χ1) is 29.5. The standard InChI is InChI=1S/C49H69N3O10/c1-9-11-16-27-49(28-17-12-10-2)60-41-32-37(31-40(44(41)62-49)59-47(58)36-22-18-21-35(29-36)23-25-42(54)51(6)7)46(57)52(8)39(30-34-19-14-13-15-20-34)45(56)50-38(33-53)24-26-43(55)61-48(3,4)5/h13-15,18-23,25,29,32,38-41,44,53H,9-12,16-17,24,26-28,30-31,33H2,1-8H3,(H,50,56)/t38-,39+,40+,41+,44-/m0/s1. The van der Waals surface area contributed by atoms with Crippen LogP contribution in [0.25, 0.3) is 6.08 Å². The van der Waals surface area contributed by atoms with E-state index in [9.17, 15) is 29.1 Å². The Morgan fingerprint density at radius 1 is 0.935 bits per heavy atom. The number of carbonyl (C=O) groups excluding carboxylic acids is 5. The van der Waals surface area contributed by atoms with Crippen molar-refractivity contribution >= 4 is 35.7 Å². The molecule has 2 N–H and O–H groups in total. The Hall–Kier alpha value is -4.85. The fraction of sp³-hybridized carbons (Fsp3) is 0.571.